The number of benzene rings is 2. The molecule has 1 N–H and O–H groups in total. The largest absolute Gasteiger partial charge is 0.507 e. The molecule has 0 aliphatic carbocycles. The molecule has 0 spiro atoms. The lowest BCUT2D eigenvalue weighted by Gasteiger charge is -2.26. The minimum atomic E-state index is -0.668. The number of amides is 1. The second-order valence-electron chi connectivity index (χ2n) is 7.74. The Kier molecular flexibility index (Phi) is 6.42. The lowest BCUT2D eigenvalue weighted by molar-refractivity contribution is -0.140. The smallest absolute Gasteiger partial charge is 0.295 e. The summed E-state index contributed by atoms with van der Waals surface area (Å²) in [6, 6.07) is 17.8. The van der Waals surface area contributed by atoms with E-state index in [1.54, 1.807) is 29.2 Å². The molecule has 2 aromatic carbocycles. The summed E-state index contributed by atoms with van der Waals surface area (Å²) >= 11 is 1.53. The van der Waals surface area contributed by atoms with E-state index in [1.165, 1.54) is 11.3 Å². The van der Waals surface area contributed by atoms with Gasteiger partial charge in [-0.25, -0.2) is 0 Å². The molecule has 1 unspecified atom stereocenters. The van der Waals surface area contributed by atoms with Gasteiger partial charge in [0.2, 0.25) is 0 Å². The number of nitrogens with zero attached hydrogens (tertiary/aromatic N) is 1. The zero-order valence-electron chi connectivity index (χ0n) is 18.1. The molecule has 1 amide bonds. The number of ketones is 1. The lowest BCUT2D eigenvalue weighted by Crippen LogP contribution is -2.29. The van der Waals surface area contributed by atoms with Gasteiger partial charge in [-0.15, -0.1) is 11.3 Å². The molecule has 1 saturated heterocycles. The zero-order valence-corrected chi connectivity index (χ0v) is 18.9. The van der Waals surface area contributed by atoms with E-state index < -0.39 is 17.7 Å². The summed E-state index contributed by atoms with van der Waals surface area (Å²) in [7, 11) is 0. The number of hydrogen-bond acceptors (Lipinski definition) is 5. The van der Waals surface area contributed by atoms with Crippen LogP contribution in [-0.2, 0) is 16.1 Å². The predicted octanol–water partition coefficient (Wildman–Crippen LogP) is 5.47. The Balaban J connectivity index is 1.80. The van der Waals surface area contributed by atoms with Crippen molar-refractivity contribution in [2.24, 2.45) is 0 Å². The molecule has 0 radical (unpaired) electrons. The first-order chi connectivity index (χ1) is 15.5. The van der Waals surface area contributed by atoms with Crippen LogP contribution in [-0.4, -0.2) is 28.3 Å². The number of aliphatic hydroxyl groups excluding tert-OH is 1. The van der Waals surface area contributed by atoms with E-state index in [-0.39, 0.29) is 11.3 Å². The van der Waals surface area contributed by atoms with Gasteiger partial charge in [0, 0.05) is 10.4 Å². The Morgan fingerprint density at radius 2 is 1.81 bits per heavy atom. The first-order valence-electron chi connectivity index (χ1n) is 10.6. The third kappa shape index (κ3) is 4.18. The van der Waals surface area contributed by atoms with Crippen LogP contribution in [0.3, 0.4) is 0 Å². The van der Waals surface area contributed by atoms with E-state index in [0.29, 0.717) is 24.5 Å². The summed E-state index contributed by atoms with van der Waals surface area (Å²) in [5.74, 6) is -0.751. The molecule has 3 aromatic rings. The maximum atomic E-state index is 13.1. The summed E-state index contributed by atoms with van der Waals surface area (Å²) < 4.78 is 5.61. The van der Waals surface area contributed by atoms with Gasteiger partial charge in [-0.05, 0) is 60.2 Å². The molecule has 0 saturated carbocycles. The number of hydrogen-bond donors (Lipinski definition) is 1. The molecule has 1 fully saturated rings. The van der Waals surface area contributed by atoms with Crippen LogP contribution in [0, 0.1) is 6.92 Å². The monoisotopic (exact) mass is 447 g/mol. The summed E-state index contributed by atoms with van der Waals surface area (Å²) in [5, 5.41) is 13.1. The molecule has 1 aromatic heterocycles. The summed E-state index contributed by atoms with van der Waals surface area (Å²) in [5.41, 5.74) is 2.36. The van der Waals surface area contributed by atoms with E-state index in [4.69, 9.17) is 4.74 Å². The normalized spacial score (nSPS) is 17.7. The molecule has 1 aliphatic heterocycles. The van der Waals surface area contributed by atoms with Crippen LogP contribution in [0.2, 0.25) is 0 Å². The van der Waals surface area contributed by atoms with Gasteiger partial charge in [0.05, 0.1) is 24.8 Å². The standard InChI is InChI=1S/C26H25NO4S/c1-3-14-31-19-12-10-18(11-13-19)24(28)22-23(21-9-5-4-7-17(21)2)27(26(30)25(22)29)16-20-8-6-15-32-20/h4-13,15,23,28H,3,14,16H2,1-2H3/b24-22-. The van der Waals surface area contributed by atoms with Gasteiger partial charge < -0.3 is 14.7 Å². The van der Waals surface area contributed by atoms with Crippen molar-refractivity contribution < 1.29 is 19.4 Å². The fourth-order valence-corrected chi connectivity index (χ4v) is 4.62. The number of ether oxygens (including phenoxy) is 1. The van der Waals surface area contributed by atoms with Crippen LogP contribution in [0.15, 0.2) is 71.6 Å². The van der Waals surface area contributed by atoms with E-state index in [9.17, 15) is 14.7 Å². The quantitative estimate of drug-likeness (QED) is 0.296. The fourth-order valence-electron chi connectivity index (χ4n) is 3.91. The van der Waals surface area contributed by atoms with Gasteiger partial charge in [-0.2, -0.15) is 0 Å². The molecule has 1 atom stereocenters. The SMILES string of the molecule is CCCOc1ccc(/C(O)=C2/C(=O)C(=O)N(Cc3cccs3)C2c2ccccc2C)cc1. The summed E-state index contributed by atoms with van der Waals surface area (Å²) in [6.45, 7) is 4.88. The summed E-state index contributed by atoms with van der Waals surface area (Å²) in [4.78, 5) is 28.7. The van der Waals surface area contributed by atoms with Gasteiger partial charge in [-0.1, -0.05) is 37.3 Å². The second kappa shape index (κ2) is 9.40. The first-order valence-corrected chi connectivity index (χ1v) is 11.5. The molecule has 6 heteroatoms. The van der Waals surface area contributed by atoms with Crippen LogP contribution in [0.5, 0.6) is 5.75 Å². The van der Waals surface area contributed by atoms with Crippen LogP contribution < -0.4 is 4.74 Å². The van der Waals surface area contributed by atoms with E-state index in [1.807, 2.05) is 55.6 Å². The number of rotatable bonds is 7. The van der Waals surface area contributed by atoms with Crippen molar-refractivity contribution in [3.8, 4) is 5.75 Å². The van der Waals surface area contributed by atoms with Gasteiger partial charge in [0.1, 0.15) is 11.5 Å². The van der Waals surface area contributed by atoms with Crippen molar-refractivity contribution in [1.82, 2.24) is 4.90 Å². The molecule has 164 valence electrons. The molecular weight excluding hydrogens is 422 g/mol. The molecule has 2 heterocycles. The van der Waals surface area contributed by atoms with Crippen molar-refractivity contribution in [3.63, 3.8) is 0 Å². The molecule has 4 rings (SSSR count). The Hall–Kier alpha value is -3.38. The number of aryl methyl sites for hydroxylation is 1. The summed E-state index contributed by atoms with van der Waals surface area (Å²) in [6.07, 6.45) is 0.895. The van der Waals surface area contributed by atoms with Crippen LogP contribution in [0.4, 0.5) is 0 Å². The van der Waals surface area contributed by atoms with E-state index in [0.717, 1.165) is 22.4 Å². The topological polar surface area (TPSA) is 66.8 Å². The third-order valence-electron chi connectivity index (χ3n) is 5.53. The Bertz CT molecular complexity index is 1150. The maximum absolute atomic E-state index is 13.1. The highest BCUT2D eigenvalue weighted by Gasteiger charge is 2.46. The molecule has 0 bridgehead atoms. The Morgan fingerprint density at radius 1 is 1.06 bits per heavy atom. The molecular formula is C26H25NO4S. The number of likely N-dealkylation sites (tertiary alicyclic amines) is 1. The highest BCUT2D eigenvalue weighted by molar-refractivity contribution is 7.09. The number of aliphatic hydroxyl groups is 1. The highest BCUT2D eigenvalue weighted by atomic mass is 32.1. The van der Waals surface area contributed by atoms with E-state index in [2.05, 4.69) is 0 Å². The second-order valence-corrected chi connectivity index (χ2v) is 8.77. The van der Waals surface area contributed by atoms with Crippen LogP contribution >= 0.6 is 11.3 Å². The third-order valence-corrected chi connectivity index (χ3v) is 6.39. The van der Waals surface area contributed by atoms with Crippen molar-refractivity contribution in [2.75, 3.05) is 6.61 Å². The van der Waals surface area contributed by atoms with Crippen molar-refractivity contribution in [3.05, 3.63) is 93.2 Å². The lowest BCUT2D eigenvalue weighted by atomic mass is 9.92. The zero-order chi connectivity index (χ0) is 22.7. The molecule has 32 heavy (non-hydrogen) atoms. The van der Waals surface area contributed by atoms with Gasteiger partial charge in [-0.3, -0.25) is 9.59 Å². The molecule has 1 aliphatic rings. The average molecular weight is 448 g/mol. The van der Waals surface area contributed by atoms with E-state index >= 15 is 0 Å². The van der Waals surface area contributed by atoms with Gasteiger partial charge in [0.15, 0.2) is 0 Å². The van der Waals surface area contributed by atoms with Crippen molar-refractivity contribution >= 4 is 28.8 Å². The van der Waals surface area contributed by atoms with Crippen molar-refractivity contribution in [2.45, 2.75) is 32.9 Å². The first kappa shape index (κ1) is 21.8. The van der Waals surface area contributed by atoms with Gasteiger partial charge >= 0.3 is 0 Å². The van der Waals surface area contributed by atoms with Crippen molar-refractivity contribution in [1.29, 1.82) is 0 Å². The Morgan fingerprint density at radius 3 is 2.47 bits per heavy atom. The maximum Gasteiger partial charge on any atom is 0.295 e. The number of Topliss-reactive ketones (excluding diaryl/α,β-unsaturated/α-hetero) is 1. The van der Waals surface area contributed by atoms with Crippen LogP contribution in [0.1, 0.15) is 41.0 Å². The van der Waals surface area contributed by atoms with Crippen LogP contribution in [0.25, 0.3) is 5.76 Å². The minimum Gasteiger partial charge on any atom is -0.507 e. The molecule has 5 nitrogen and oxygen atoms in total. The average Bonchev–Trinajstić information content (AvgIpc) is 3.40. The number of thiophene rings is 1. The minimum absolute atomic E-state index is 0.114. The number of carbonyl (C=O) groups excluding carboxylic acids is 2. The predicted molar refractivity (Wildman–Crippen MR) is 126 cm³/mol. The number of carbonyl (C=O) groups is 2. The fraction of sp³-hybridized carbons (Fsp3) is 0.231. The highest BCUT2D eigenvalue weighted by Crippen LogP contribution is 2.41. The van der Waals surface area contributed by atoms with Gasteiger partial charge in [0.25, 0.3) is 11.7 Å². The Labute approximate surface area is 191 Å².